The van der Waals surface area contributed by atoms with E-state index in [1.165, 1.54) is 7.11 Å². The molecule has 3 aromatic rings. The van der Waals surface area contributed by atoms with Crippen molar-refractivity contribution in [3.05, 3.63) is 77.2 Å². The number of carbonyl (C=O) groups excluding carboxylic acids is 1. The van der Waals surface area contributed by atoms with Gasteiger partial charge in [0.25, 0.3) is 0 Å². The lowest BCUT2D eigenvalue weighted by Crippen LogP contribution is -2.21. The lowest BCUT2D eigenvalue weighted by atomic mass is 9.98. The van der Waals surface area contributed by atoms with Crippen molar-refractivity contribution in [2.24, 2.45) is 0 Å². The maximum atomic E-state index is 12.4. The first-order chi connectivity index (χ1) is 14.6. The van der Waals surface area contributed by atoms with Gasteiger partial charge in [0.1, 0.15) is 18.8 Å². The van der Waals surface area contributed by atoms with Crippen LogP contribution in [0.15, 0.2) is 54.7 Å². The van der Waals surface area contributed by atoms with Gasteiger partial charge >= 0.3 is 12.1 Å². The van der Waals surface area contributed by atoms with E-state index >= 15 is 0 Å². The molecule has 1 aliphatic rings. The summed E-state index contributed by atoms with van der Waals surface area (Å²) in [5.41, 5.74) is 4.18. The number of ether oxygens (including phenoxy) is 2. The zero-order valence-electron chi connectivity index (χ0n) is 16.2. The molecule has 8 nitrogen and oxygen atoms in total. The van der Waals surface area contributed by atoms with Crippen LogP contribution in [0.5, 0.6) is 0 Å². The fourth-order valence-corrected chi connectivity index (χ4v) is 3.60. The van der Waals surface area contributed by atoms with Gasteiger partial charge in [-0.15, -0.1) is 0 Å². The van der Waals surface area contributed by atoms with E-state index in [1.807, 2.05) is 48.5 Å². The zero-order chi connectivity index (χ0) is 21.1. The number of carboxylic acids is 1. The average molecular weight is 405 g/mol. The molecule has 8 heteroatoms. The molecule has 1 aromatic heterocycles. The number of hydrogen-bond donors (Lipinski definition) is 2. The summed E-state index contributed by atoms with van der Waals surface area (Å²) in [4.78, 5) is 31.8. The number of rotatable bonds is 6. The Morgan fingerprint density at radius 3 is 2.30 bits per heavy atom. The fraction of sp³-hybridized carbons (Fsp3) is 0.182. The molecule has 152 valence electrons. The van der Waals surface area contributed by atoms with Crippen LogP contribution < -0.4 is 5.32 Å². The summed E-state index contributed by atoms with van der Waals surface area (Å²) < 4.78 is 10.4. The predicted octanol–water partition coefficient (Wildman–Crippen LogP) is 3.68. The Kier molecular flexibility index (Phi) is 5.40. The van der Waals surface area contributed by atoms with E-state index in [1.54, 1.807) is 0 Å². The normalized spacial score (nSPS) is 12.2. The summed E-state index contributed by atoms with van der Waals surface area (Å²) in [6.07, 6.45) is 0.337. The van der Waals surface area contributed by atoms with Crippen molar-refractivity contribution in [1.82, 2.24) is 9.97 Å². The number of benzene rings is 2. The van der Waals surface area contributed by atoms with E-state index in [9.17, 15) is 14.7 Å². The van der Waals surface area contributed by atoms with Crippen molar-refractivity contribution in [1.29, 1.82) is 0 Å². The largest absolute Gasteiger partial charge is 0.477 e. The van der Waals surface area contributed by atoms with Gasteiger partial charge in [-0.2, -0.15) is 0 Å². The molecule has 2 aromatic carbocycles. The van der Waals surface area contributed by atoms with Gasteiger partial charge in [-0.05, 0) is 22.3 Å². The number of methoxy groups -OCH3 is 1. The molecule has 0 spiro atoms. The van der Waals surface area contributed by atoms with Gasteiger partial charge in [-0.1, -0.05) is 48.5 Å². The molecule has 30 heavy (non-hydrogen) atoms. The van der Waals surface area contributed by atoms with Crippen molar-refractivity contribution in [2.75, 3.05) is 19.0 Å². The highest BCUT2D eigenvalue weighted by Crippen LogP contribution is 2.44. The van der Waals surface area contributed by atoms with Crippen LogP contribution in [-0.4, -0.2) is 40.9 Å². The lowest BCUT2D eigenvalue weighted by Gasteiger charge is -2.15. The monoisotopic (exact) mass is 405 g/mol. The van der Waals surface area contributed by atoms with Crippen LogP contribution in [0.4, 0.5) is 10.6 Å². The second-order valence-corrected chi connectivity index (χ2v) is 6.74. The summed E-state index contributed by atoms with van der Waals surface area (Å²) in [6.45, 7) is 0.192. The minimum Gasteiger partial charge on any atom is -0.477 e. The summed E-state index contributed by atoms with van der Waals surface area (Å²) >= 11 is 0. The summed E-state index contributed by atoms with van der Waals surface area (Å²) in [6, 6.07) is 16.0. The third-order valence-corrected chi connectivity index (χ3v) is 4.91. The van der Waals surface area contributed by atoms with Crippen LogP contribution in [0.2, 0.25) is 0 Å². The van der Waals surface area contributed by atoms with Gasteiger partial charge in [-0.3, -0.25) is 5.32 Å². The molecule has 4 rings (SSSR count). The minimum atomic E-state index is -1.26. The number of aromatic carboxylic acids is 1. The summed E-state index contributed by atoms with van der Waals surface area (Å²) in [5.74, 6) is -1.25. The second-order valence-electron chi connectivity index (χ2n) is 6.74. The smallest absolute Gasteiger partial charge is 0.412 e. The molecule has 0 saturated heterocycles. The fourth-order valence-electron chi connectivity index (χ4n) is 3.60. The van der Waals surface area contributed by atoms with E-state index in [-0.39, 0.29) is 36.3 Å². The first-order valence-electron chi connectivity index (χ1n) is 9.28. The Bertz CT molecular complexity index is 1070. The van der Waals surface area contributed by atoms with Gasteiger partial charge < -0.3 is 14.6 Å². The Morgan fingerprint density at radius 1 is 1.07 bits per heavy atom. The van der Waals surface area contributed by atoms with Crippen LogP contribution in [0.3, 0.4) is 0 Å². The number of carboxylic acid groups (broad SMARTS) is 1. The number of aromatic nitrogens is 2. The zero-order valence-corrected chi connectivity index (χ0v) is 16.2. The Labute approximate surface area is 172 Å². The molecular weight excluding hydrogens is 386 g/mol. The molecule has 0 bridgehead atoms. The Hall–Kier alpha value is -3.78. The number of hydrogen-bond acceptors (Lipinski definition) is 6. The third kappa shape index (κ3) is 3.72. The standard InChI is InChI=1S/C22H19N3O5/c1-29-12-19-23-10-17(21(26)27)20(24-19)25-22(28)30-11-18-15-8-4-2-6-13(15)14-7-3-5-9-16(14)18/h2-10,18H,11-12H2,1H3,(H,26,27)(H,23,24,25,28). The first kappa shape index (κ1) is 19.5. The second kappa shape index (κ2) is 8.30. The first-order valence-corrected chi connectivity index (χ1v) is 9.28. The maximum Gasteiger partial charge on any atom is 0.412 e. The predicted molar refractivity (Wildman–Crippen MR) is 108 cm³/mol. The Balaban J connectivity index is 1.51. The molecule has 0 atom stereocenters. The van der Waals surface area contributed by atoms with Crippen LogP contribution in [0.1, 0.15) is 33.2 Å². The van der Waals surface area contributed by atoms with E-state index in [0.717, 1.165) is 28.5 Å². The number of carbonyl (C=O) groups is 2. The number of amides is 1. The van der Waals surface area contributed by atoms with Gasteiger partial charge in [0.05, 0.1) is 0 Å². The molecule has 0 radical (unpaired) electrons. The van der Waals surface area contributed by atoms with E-state index < -0.39 is 12.1 Å². The highest BCUT2D eigenvalue weighted by Gasteiger charge is 2.29. The molecule has 2 N–H and O–H groups in total. The quantitative estimate of drug-likeness (QED) is 0.643. The number of nitrogens with zero attached hydrogens (tertiary/aromatic N) is 2. The topological polar surface area (TPSA) is 111 Å². The highest BCUT2D eigenvalue weighted by atomic mass is 16.5. The maximum absolute atomic E-state index is 12.4. The molecule has 1 heterocycles. The van der Waals surface area contributed by atoms with Crippen LogP contribution >= 0.6 is 0 Å². The number of fused-ring (bicyclic) bond motifs is 3. The molecular formula is C22H19N3O5. The van der Waals surface area contributed by atoms with E-state index in [0.29, 0.717) is 0 Å². The van der Waals surface area contributed by atoms with E-state index in [4.69, 9.17) is 9.47 Å². The molecule has 0 unspecified atom stereocenters. The summed E-state index contributed by atoms with van der Waals surface area (Å²) in [7, 11) is 1.47. The van der Waals surface area contributed by atoms with Crippen molar-refractivity contribution >= 4 is 17.9 Å². The highest BCUT2D eigenvalue weighted by molar-refractivity contribution is 5.97. The average Bonchev–Trinajstić information content (AvgIpc) is 3.06. The van der Waals surface area contributed by atoms with Crippen molar-refractivity contribution in [3.8, 4) is 11.1 Å². The van der Waals surface area contributed by atoms with Crippen LogP contribution in [0, 0.1) is 0 Å². The summed E-state index contributed by atoms with van der Waals surface area (Å²) in [5, 5.41) is 11.7. The third-order valence-electron chi connectivity index (χ3n) is 4.91. The molecule has 1 amide bonds. The minimum absolute atomic E-state index is 0.0826. The van der Waals surface area contributed by atoms with Gasteiger partial charge in [0, 0.05) is 19.2 Å². The molecule has 0 aliphatic heterocycles. The van der Waals surface area contributed by atoms with Crippen molar-refractivity contribution < 1.29 is 24.2 Å². The van der Waals surface area contributed by atoms with Crippen LogP contribution in [0.25, 0.3) is 11.1 Å². The van der Waals surface area contributed by atoms with Gasteiger partial charge in [0.15, 0.2) is 11.6 Å². The van der Waals surface area contributed by atoms with Gasteiger partial charge in [0.2, 0.25) is 0 Å². The lowest BCUT2D eigenvalue weighted by molar-refractivity contribution is 0.0697. The molecule has 0 fully saturated rings. The van der Waals surface area contributed by atoms with Gasteiger partial charge in [-0.25, -0.2) is 19.6 Å². The SMILES string of the molecule is COCc1ncc(C(=O)O)c(NC(=O)OCC2c3ccccc3-c3ccccc32)n1. The number of nitrogens with one attached hydrogen (secondary N) is 1. The van der Waals surface area contributed by atoms with Crippen LogP contribution in [-0.2, 0) is 16.1 Å². The van der Waals surface area contributed by atoms with E-state index in [2.05, 4.69) is 15.3 Å². The number of anilines is 1. The Morgan fingerprint density at radius 2 is 1.70 bits per heavy atom. The van der Waals surface area contributed by atoms with Crippen molar-refractivity contribution in [2.45, 2.75) is 12.5 Å². The molecule has 0 saturated carbocycles. The molecule has 1 aliphatic carbocycles. The van der Waals surface area contributed by atoms with Crippen molar-refractivity contribution in [3.63, 3.8) is 0 Å².